The number of aliphatic hydroxyl groups is 3. The molecule has 1 aliphatic rings. The fourth-order valence-electron chi connectivity index (χ4n) is 7.91. The maximum atomic E-state index is 12.9. The molecular formula is C49H92O12S. The van der Waals surface area contributed by atoms with E-state index in [1.165, 1.54) is 135 Å². The van der Waals surface area contributed by atoms with Crippen molar-refractivity contribution >= 4 is 22.1 Å². The van der Waals surface area contributed by atoms with E-state index in [0.717, 1.165) is 57.8 Å². The molecule has 13 heteroatoms. The Morgan fingerprint density at radius 2 is 0.919 bits per heavy atom. The lowest BCUT2D eigenvalue weighted by molar-refractivity contribution is -0.297. The molecule has 0 spiro atoms. The maximum Gasteiger partial charge on any atom is 0.306 e. The lowest BCUT2D eigenvalue weighted by Gasteiger charge is -2.40. The second-order valence-corrected chi connectivity index (χ2v) is 19.3. The van der Waals surface area contributed by atoms with Crippen molar-refractivity contribution in [2.24, 2.45) is 0 Å². The normalized spacial score (nSPS) is 19.9. The summed E-state index contributed by atoms with van der Waals surface area (Å²) in [5.41, 5.74) is 0. The number of hydrogen-bond acceptors (Lipinski definition) is 11. The molecule has 0 bridgehead atoms. The van der Waals surface area contributed by atoms with E-state index in [0.29, 0.717) is 12.8 Å². The second-order valence-electron chi connectivity index (χ2n) is 17.8. The van der Waals surface area contributed by atoms with Crippen LogP contribution in [0, 0.1) is 0 Å². The molecule has 0 aromatic carbocycles. The van der Waals surface area contributed by atoms with Crippen molar-refractivity contribution in [3.05, 3.63) is 12.2 Å². The molecule has 1 saturated heterocycles. The molecule has 0 saturated carbocycles. The van der Waals surface area contributed by atoms with Gasteiger partial charge in [0, 0.05) is 12.8 Å². The van der Waals surface area contributed by atoms with E-state index in [1.54, 1.807) is 0 Å². The minimum atomic E-state index is -4.60. The van der Waals surface area contributed by atoms with Gasteiger partial charge in [-0.15, -0.1) is 0 Å². The number of unbranched alkanes of at least 4 members (excludes halogenated alkanes) is 29. The standard InChI is InChI=1S/C49H92O12S/c1-3-5-7-9-11-13-15-17-18-19-20-21-22-23-24-26-28-30-32-34-36-38-45(51)60-42(40-59-49-48(54)47(53)46(52)43(61-49)41-62(55,56)57)39-58-44(50)37-35-33-31-29-27-25-16-14-12-10-8-6-4-2/h14,16,42-43,46-49,52-54H,3-13,15,17-41H2,1-2H3,(H,55,56,57)/b16-14+/t42-,43-,46-,47?,48?,49+/m1/s1. The van der Waals surface area contributed by atoms with Crippen molar-refractivity contribution in [2.75, 3.05) is 19.0 Å². The fraction of sp³-hybridized carbons (Fsp3) is 0.918. The van der Waals surface area contributed by atoms with Gasteiger partial charge in [0.2, 0.25) is 0 Å². The van der Waals surface area contributed by atoms with E-state index < -0.39 is 71.2 Å². The molecule has 6 atom stereocenters. The molecule has 366 valence electrons. The van der Waals surface area contributed by atoms with Crippen molar-refractivity contribution in [1.82, 2.24) is 0 Å². The van der Waals surface area contributed by atoms with Gasteiger partial charge < -0.3 is 34.3 Å². The average Bonchev–Trinajstić information content (AvgIpc) is 3.24. The number of hydrogen-bond donors (Lipinski definition) is 4. The Balaban J connectivity index is 2.35. The van der Waals surface area contributed by atoms with Gasteiger partial charge >= 0.3 is 11.9 Å². The maximum absolute atomic E-state index is 12.9. The van der Waals surface area contributed by atoms with Crippen molar-refractivity contribution in [3.63, 3.8) is 0 Å². The first kappa shape index (κ1) is 58.4. The van der Waals surface area contributed by atoms with Crippen LogP contribution in [0.5, 0.6) is 0 Å². The van der Waals surface area contributed by atoms with E-state index >= 15 is 0 Å². The minimum absolute atomic E-state index is 0.169. The van der Waals surface area contributed by atoms with Gasteiger partial charge in [-0.05, 0) is 38.5 Å². The molecule has 0 aromatic rings. The zero-order chi connectivity index (χ0) is 45.5. The summed E-state index contributed by atoms with van der Waals surface area (Å²) in [5, 5.41) is 30.9. The van der Waals surface area contributed by atoms with E-state index in [4.69, 9.17) is 18.9 Å². The molecule has 1 rings (SSSR count). The monoisotopic (exact) mass is 905 g/mol. The number of esters is 2. The zero-order valence-electron chi connectivity index (χ0n) is 39.2. The molecule has 0 aliphatic carbocycles. The van der Waals surface area contributed by atoms with Gasteiger partial charge in [-0.25, -0.2) is 0 Å². The Morgan fingerprint density at radius 1 is 0.532 bits per heavy atom. The topological polar surface area (TPSA) is 186 Å². The molecule has 12 nitrogen and oxygen atoms in total. The number of aliphatic hydroxyl groups excluding tert-OH is 3. The summed E-state index contributed by atoms with van der Waals surface area (Å²) in [7, 11) is -4.60. The van der Waals surface area contributed by atoms with Gasteiger partial charge in [-0.2, -0.15) is 8.42 Å². The highest BCUT2D eigenvalue weighted by Crippen LogP contribution is 2.24. The summed E-state index contributed by atoms with van der Waals surface area (Å²) >= 11 is 0. The molecule has 1 aliphatic heterocycles. The highest BCUT2D eigenvalue weighted by atomic mass is 32.2. The first-order valence-corrected chi connectivity index (χ1v) is 26.9. The van der Waals surface area contributed by atoms with E-state index in [9.17, 15) is 37.9 Å². The summed E-state index contributed by atoms with van der Waals surface area (Å²) in [6.07, 6.45) is 34.0. The summed E-state index contributed by atoms with van der Waals surface area (Å²) in [6, 6.07) is 0. The number of allylic oxidation sites excluding steroid dienone is 2. The molecule has 0 radical (unpaired) electrons. The quantitative estimate of drug-likeness (QED) is 0.0197. The number of carbonyl (C=O) groups excluding carboxylic acids is 2. The largest absolute Gasteiger partial charge is 0.462 e. The smallest absolute Gasteiger partial charge is 0.306 e. The Hall–Kier alpha value is -1.61. The van der Waals surface area contributed by atoms with Crippen LogP contribution in [0.4, 0.5) is 0 Å². The lowest BCUT2D eigenvalue weighted by Crippen LogP contribution is -2.60. The lowest BCUT2D eigenvalue weighted by atomic mass is 10.00. The van der Waals surface area contributed by atoms with Gasteiger partial charge in [-0.3, -0.25) is 14.1 Å². The number of carbonyl (C=O) groups is 2. The first-order chi connectivity index (χ1) is 30.0. The Labute approximate surface area is 377 Å². The second kappa shape index (κ2) is 39.7. The fourth-order valence-corrected chi connectivity index (χ4v) is 8.60. The third kappa shape index (κ3) is 33.8. The summed E-state index contributed by atoms with van der Waals surface area (Å²) in [6.45, 7) is 3.77. The van der Waals surface area contributed by atoms with Crippen LogP contribution in [-0.4, -0.2) is 96.0 Å². The van der Waals surface area contributed by atoms with Crippen LogP contribution in [0.1, 0.15) is 232 Å². The summed E-state index contributed by atoms with van der Waals surface area (Å²) in [5.74, 6) is -1.98. The molecule has 62 heavy (non-hydrogen) atoms. The number of ether oxygens (including phenoxy) is 4. The van der Waals surface area contributed by atoms with Crippen molar-refractivity contribution in [3.8, 4) is 0 Å². The Morgan fingerprint density at radius 3 is 1.35 bits per heavy atom. The van der Waals surface area contributed by atoms with E-state index in [1.807, 2.05) is 0 Å². The summed E-state index contributed by atoms with van der Waals surface area (Å²) < 4.78 is 54.2. The van der Waals surface area contributed by atoms with Gasteiger partial charge in [0.15, 0.2) is 12.4 Å². The third-order valence-corrected chi connectivity index (χ3v) is 12.6. The van der Waals surface area contributed by atoms with Crippen LogP contribution in [0.2, 0.25) is 0 Å². The predicted molar refractivity (Wildman–Crippen MR) is 247 cm³/mol. The summed E-state index contributed by atoms with van der Waals surface area (Å²) in [4.78, 5) is 25.5. The van der Waals surface area contributed by atoms with Crippen LogP contribution in [0.25, 0.3) is 0 Å². The van der Waals surface area contributed by atoms with Crippen LogP contribution >= 0.6 is 0 Å². The van der Waals surface area contributed by atoms with Crippen molar-refractivity contribution < 1.29 is 56.8 Å². The van der Waals surface area contributed by atoms with Gasteiger partial charge in [0.05, 0.1) is 6.61 Å². The van der Waals surface area contributed by atoms with Crippen LogP contribution in [0.3, 0.4) is 0 Å². The SMILES string of the molecule is CCCCCC/C=C/CCCCCCCC(=O)OC[C@H](CO[C@H]1O[C@H](CS(=O)(=O)O)[C@@H](O)C(O)C1O)OC(=O)CCCCCCCCCCCCCCCCCCCCCCC. The molecule has 0 amide bonds. The van der Waals surface area contributed by atoms with Crippen LogP contribution in [-0.2, 0) is 38.7 Å². The number of rotatable bonds is 43. The minimum Gasteiger partial charge on any atom is -0.462 e. The average molecular weight is 905 g/mol. The highest BCUT2D eigenvalue weighted by Gasteiger charge is 2.46. The third-order valence-electron chi connectivity index (χ3n) is 11.8. The van der Waals surface area contributed by atoms with Gasteiger partial charge in [0.25, 0.3) is 10.1 Å². The van der Waals surface area contributed by atoms with Crippen LogP contribution < -0.4 is 0 Å². The molecular weight excluding hydrogens is 813 g/mol. The van der Waals surface area contributed by atoms with Gasteiger partial charge in [0.1, 0.15) is 36.8 Å². The Kier molecular flexibility index (Phi) is 37.4. The van der Waals surface area contributed by atoms with E-state index in [-0.39, 0.29) is 19.4 Å². The molecule has 1 heterocycles. The molecule has 1 fully saturated rings. The van der Waals surface area contributed by atoms with Crippen molar-refractivity contribution in [2.45, 2.75) is 269 Å². The highest BCUT2D eigenvalue weighted by molar-refractivity contribution is 7.85. The first-order valence-electron chi connectivity index (χ1n) is 25.2. The Bertz CT molecular complexity index is 1200. The molecule has 2 unspecified atom stereocenters. The predicted octanol–water partition coefficient (Wildman–Crippen LogP) is 11.0. The molecule has 4 N–H and O–H groups in total. The van der Waals surface area contributed by atoms with Crippen LogP contribution in [0.15, 0.2) is 12.2 Å². The van der Waals surface area contributed by atoms with Crippen molar-refractivity contribution in [1.29, 1.82) is 0 Å². The molecule has 0 aromatic heterocycles. The van der Waals surface area contributed by atoms with Gasteiger partial charge in [-0.1, -0.05) is 193 Å². The van der Waals surface area contributed by atoms with E-state index in [2.05, 4.69) is 26.0 Å². The zero-order valence-corrected chi connectivity index (χ0v) is 40.1.